The Kier molecular flexibility index (Phi) is 4.90. The predicted octanol–water partition coefficient (Wildman–Crippen LogP) is 3.90. The number of hydrogen-bond donors (Lipinski definition) is 1. The van der Waals surface area contributed by atoms with E-state index in [1.54, 1.807) is 0 Å². The number of rotatable bonds is 4. The van der Waals surface area contributed by atoms with Crippen LogP contribution in [0.1, 0.15) is 25.0 Å². The molecule has 0 aliphatic rings. The molecular formula is C13H15F4N. The fourth-order valence-corrected chi connectivity index (χ4v) is 1.45. The number of nitrogens with one attached hydrogen (secondary N) is 1. The van der Waals surface area contributed by atoms with Gasteiger partial charge in [0.15, 0.2) is 0 Å². The maximum absolute atomic E-state index is 12.8. The van der Waals surface area contributed by atoms with Gasteiger partial charge in [-0.05, 0) is 31.5 Å². The van der Waals surface area contributed by atoms with E-state index >= 15 is 0 Å². The highest BCUT2D eigenvalue weighted by Gasteiger charge is 2.33. The lowest BCUT2D eigenvalue weighted by Crippen LogP contribution is -2.18. The summed E-state index contributed by atoms with van der Waals surface area (Å²) in [6.45, 7) is 4.34. The number of allylic oxidation sites excluding steroid dienone is 1. The van der Waals surface area contributed by atoms with E-state index in [1.807, 2.05) is 19.9 Å². The van der Waals surface area contributed by atoms with E-state index in [1.165, 1.54) is 0 Å². The third kappa shape index (κ3) is 4.49. The first-order valence-electron chi connectivity index (χ1n) is 5.50. The van der Waals surface area contributed by atoms with Crippen LogP contribution in [-0.4, -0.2) is 6.54 Å². The molecule has 0 bridgehead atoms. The largest absolute Gasteiger partial charge is 0.416 e. The Labute approximate surface area is 104 Å². The molecule has 0 saturated heterocycles. The van der Waals surface area contributed by atoms with Crippen molar-refractivity contribution in [3.63, 3.8) is 0 Å². The average Bonchev–Trinajstić information content (AvgIpc) is 2.24. The first-order valence-corrected chi connectivity index (χ1v) is 5.50. The minimum absolute atomic E-state index is 0.0473. The highest BCUT2D eigenvalue weighted by atomic mass is 19.4. The zero-order chi connectivity index (χ0) is 13.8. The fraction of sp³-hybridized carbons (Fsp3) is 0.385. The molecule has 1 nitrogen and oxygen atoms in total. The van der Waals surface area contributed by atoms with Gasteiger partial charge in [0.05, 0.1) is 5.56 Å². The molecule has 100 valence electrons. The standard InChI is InChI=1S/C13H15F4N/c1-9(2)5-6-18-8-10-3-4-11(14)7-12(10)13(15,16)17/h3-5,7,18H,6,8H2,1-2H3. The Morgan fingerprint density at radius 1 is 1.28 bits per heavy atom. The van der Waals surface area contributed by atoms with Gasteiger partial charge in [-0.25, -0.2) is 4.39 Å². The van der Waals surface area contributed by atoms with Gasteiger partial charge < -0.3 is 5.32 Å². The lowest BCUT2D eigenvalue weighted by atomic mass is 10.1. The highest BCUT2D eigenvalue weighted by molar-refractivity contribution is 5.30. The van der Waals surface area contributed by atoms with Crippen molar-refractivity contribution in [2.75, 3.05) is 6.54 Å². The summed E-state index contributed by atoms with van der Waals surface area (Å²) in [5, 5.41) is 2.87. The quantitative estimate of drug-likeness (QED) is 0.492. The number of halogens is 4. The lowest BCUT2D eigenvalue weighted by molar-refractivity contribution is -0.138. The fourth-order valence-electron chi connectivity index (χ4n) is 1.45. The summed E-state index contributed by atoms with van der Waals surface area (Å²) < 4.78 is 50.8. The first kappa shape index (κ1) is 14.7. The number of alkyl halides is 3. The Morgan fingerprint density at radius 2 is 1.94 bits per heavy atom. The van der Waals surface area contributed by atoms with Crippen LogP contribution in [-0.2, 0) is 12.7 Å². The minimum Gasteiger partial charge on any atom is -0.309 e. The van der Waals surface area contributed by atoms with E-state index in [4.69, 9.17) is 0 Å². The molecule has 0 spiro atoms. The van der Waals surface area contributed by atoms with Crippen LogP contribution in [0.4, 0.5) is 17.6 Å². The van der Waals surface area contributed by atoms with E-state index < -0.39 is 17.6 Å². The smallest absolute Gasteiger partial charge is 0.309 e. The van der Waals surface area contributed by atoms with Crippen molar-refractivity contribution in [1.82, 2.24) is 5.32 Å². The van der Waals surface area contributed by atoms with Crippen molar-refractivity contribution in [3.8, 4) is 0 Å². The Morgan fingerprint density at radius 3 is 2.50 bits per heavy atom. The van der Waals surface area contributed by atoms with Gasteiger partial charge in [-0.3, -0.25) is 0 Å². The molecule has 0 aromatic heterocycles. The van der Waals surface area contributed by atoms with Crippen LogP contribution in [0.25, 0.3) is 0 Å². The van der Waals surface area contributed by atoms with Gasteiger partial charge >= 0.3 is 6.18 Å². The molecule has 0 fully saturated rings. The van der Waals surface area contributed by atoms with Crippen LogP contribution in [0.15, 0.2) is 29.8 Å². The van der Waals surface area contributed by atoms with Crippen molar-refractivity contribution in [2.24, 2.45) is 0 Å². The second-order valence-corrected chi connectivity index (χ2v) is 4.21. The molecule has 0 aliphatic heterocycles. The maximum Gasteiger partial charge on any atom is 0.416 e. The van der Waals surface area contributed by atoms with Gasteiger partial charge in [0.2, 0.25) is 0 Å². The van der Waals surface area contributed by atoms with E-state index in [0.29, 0.717) is 12.6 Å². The molecule has 1 aromatic rings. The van der Waals surface area contributed by atoms with Gasteiger partial charge in [-0.15, -0.1) is 0 Å². The summed E-state index contributed by atoms with van der Waals surface area (Å²) in [7, 11) is 0. The molecule has 5 heteroatoms. The molecule has 1 aromatic carbocycles. The van der Waals surface area contributed by atoms with Crippen molar-refractivity contribution in [2.45, 2.75) is 26.6 Å². The third-order valence-corrected chi connectivity index (χ3v) is 2.35. The molecule has 0 atom stereocenters. The van der Waals surface area contributed by atoms with Crippen LogP contribution in [0.2, 0.25) is 0 Å². The average molecular weight is 261 g/mol. The zero-order valence-corrected chi connectivity index (χ0v) is 10.2. The number of benzene rings is 1. The molecule has 0 radical (unpaired) electrons. The first-order chi connectivity index (χ1) is 8.30. The Balaban J connectivity index is 2.79. The third-order valence-electron chi connectivity index (χ3n) is 2.35. The summed E-state index contributed by atoms with van der Waals surface area (Å²) in [6, 6.07) is 2.72. The summed E-state index contributed by atoms with van der Waals surface area (Å²) in [5.74, 6) is -0.879. The predicted molar refractivity (Wildman–Crippen MR) is 62.5 cm³/mol. The Bertz CT molecular complexity index is 431. The molecule has 18 heavy (non-hydrogen) atoms. The molecule has 0 unspecified atom stereocenters. The molecular weight excluding hydrogens is 246 g/mol. The molecule has 0 saturated carbocycles. The van der Waals surface area contributed by atoms with Gasteiger partial charge in [-0.2, -0.15) is 13.2 Å². The summed E-state index contributed by atoms with van der Waals surface area (Å²) in [6.07, 6.45) is -2.66. The monoisotopic (exact) mass is 261 g/mol. The minimum atomic E-state index is -4.53. The summed E-state index contributed by atoms with van der Waals surface area (Å²) in [4.78, 5) is 0. The van der Waals surface area contributed by atoms with Crippen LogP contribution in [0.3, 0.4) is 0 Å². The topological polar surface area (TPSA) is 12.0 Å². The van der Waals surface area contributed by atoms with E-state index in [-0.39, 0.29) is 12.1 Å². The van der Waals surface area contributed by atoms with E-state index in [0.717, 1.165) is 17.7 Å². The van der Waals surface area contributed by atoms with Crippen LogP contribution in [0, 0.1) is 5.82 Å². The van der Waals surface area contributed by atoms with E-state index in [2.05, 4.69) is 5.32 Å². The molecule has 1 rings (SSSR count). The van der Waals surface area contributed by atoms with Crippen molar-refractivity contribution in [3.05, 3.63) is 46.8 Å². The van der Waals surface area contributed by atoms with Gasteiger partial charge in [0, 0.05) is 13.1 Å². The molecule has 0 aliphatic carbocycles. The van der Waals surface area contributed by atoms with Crippen LogP contribution in [0.5, 0.6) is 0 Å². The molecule has 0 heterocycles. The van der Waals surface area contributed by atoms with Gasteiger partial charge in [-0.1, -0.05) is 17.7 Å². The normalized spacial score (nSPS) is 11.4. The van der Waals surface area contributed by atoms with Crippen molar-refractivity contribution >= 4 is 0 Å². The zero-order valence-electron chi connectivity index (χ0n) is 10.2. The second kappa shape index (κ2) is 6.00. The maximum atomic E-state index is 12.8. The van der Waals surface area contributed by atoms with Crippen LogP contribution >= 0.6 is 0 Å². The number of hydrogen-bond acceptors (Lipinski definition) is 1. The summed E-state index contributed by atoms with van der Waals surface area (Å²) >= 11 is 0. The van der Waals surface area contributed by atoms with Crippen molar-refractivity contribution in [1.29, 1.82) is 0 Å². The highest BCUT2D eigenvalue weighted by Crippen LogP contribution is 2.32. The van der Waals surface area contributed by atoms with E-state index in [9.17, 15) is 17.6 Å². The van der Waals surface area contributed by atoms with Gasteiger partial charge in [0.25, 0.3) is 0 Å². The van der Waals surface area contributed by atoms with Crippen molar-refractivity contribution < 1.29 is 17.6 Å². The Hall–Kier alpha value is -1.36. The lowest BCUT2D eigenvalue weighted by Gasteiger charge is -2.13. The summed E-state index contributed by atoms with van der Waals surface area (Å²) in [5.41, 5.74) is 0.205. The second-order valence-electron chi connectivity index (χ2n) is 4.21. The van der Waals surface area contributed by atoms with Crippen LogP contribution < -0.4 is 5.32 Å². The molecule has 0 amide bonds. The SMILES string of the molecule is CC(C)=CCNCc1ccc(F)cc1C(F)(F)F. The van der Waals surface area contributed by atoms with Gasteiger partial charge in [0.1, 0.15) is 5.82 Å². The molecule has 1 N–H and O–H groups in total.